The predicted molar refractivity (Wildman–Crippen MR) is 93.6 cm³/mol. The lowest BCUT2D eigenvalue weighted by Gasteiger charge is -2.34. The minimum Gasteiger partial charge on any atom is -0.373 e. The Morgan fingerprint density at radius 1 is 1.30 bits per heavy atom. The van der Waals surface area contributed by atoms with Gasteiger partial charge >= 0.3 is 0 Å². The monoisotopic (exact) mass is 338 g/mol. The summed E-state index contributed by atoms with van der Waals surface area (Å²) in [4.78, 5) is 14.9. The second kappa shape index (κ2) is 8.13. The van der Waals surface area contributed by atoms with E-state index in [1.807, 2.05) is 4.90 Å². The van der Waals surface area contributed by atoms with Crippen LogP contribution in [0.3, 0.4) is 0 Å². The van der Waals surface area contributed by atoms with Gasteiger partial charge in [-0.05, 0) is 44.2 Å². The van der Waals surface area contributed by atoms with Crippen LogP contribution >= 0.6 is 12.4 Å². The quantitative estimate of drug-likeness (QED) is 0.921. The first-order valence-corrected chi connectivity index (χ1v) is 8.36. The number of ether oxygens (including phenoxy) is 1. The molecule has 128 valence electrons. The topological polar surface area (TPSA) is 55.6 Å². The summed E-state index contributed by atoms with van der Waals surface area (Å²) >= 11 is 0. The molecule has 0 aliphatic carbocycles. The molecule has 2 aliphatic rings. The molecular weight excluding hydrogens is 312 g/mol. The van der Waals surface area contributed by atoms with Crippen molar-refractivity contribution in [3.05, 3.63) is 35.4 Å². The van der Waals surface area contributed by atoms with Gasteiger partial charge in [0.05, 0.1) is 12.0 Å². The summed E-state index contributed by atoms with van der Waals surface area (Å²) in [5.41, 5.74) is 8.10. The highest BCUT2D eigenvalue weighted by atomic mass is 35.5. The molecule has 3 atom stereocenters. The first-order chi connectivity index (χ1) is 10.7. The fraction of sp³-hybridized carbons (Fsp3) is 0.611. The van der Waals surface area contributed by atoms with E-state index in [-0.39, 0.29) is 30.3 Å². The number of nitrogens with zero attached hydrogens (tertiary/aromatic N) is 1. The molecule has 2 heterocycles. The van der Waals surface area contributed by atoms with Gasteiger partial charge in [0.25, 0.3) is 0 Å². The molecule has 3 unspecified atom stereocenters. The Kier molecular flexibility index (Phi) is 6.45. The SMILES string of the molecule is Cc1ccc(C2OCCCC2C(=O)N2CCC(CN)C2)cc1.Cl. The molecule has 1 aromatic rings. The lowest BCUT2D eigenvalue weighted by molar-refractivity contribution is -0.144. The molecule has 2 N–H and O–H groups in total. The van der Waals surface area contributed by atoms with Crippen LogP contribution in [0.5, 0.6) is 0 Å². The van der Waals surface area contributed by atoms with Crippen LogP contribution in [0.1, 0.15) is 36.5 Å². The molecule has 2 fully saturated rings. The average Bonchev–Trinajstić information content (AvgIpc) is 3.04. The number of carbonyl (C=O) groups is 1. The van der Waals surface area contributed by atoms with Crippen LogP contribution in [0.25, 0.3) is 0 Å². The third-order valence-corrected chi connectivity index (χ3v) is 4.98. The number of likely N-dealkylation sites (tertiary alicyclic amines) is 1. The number of amides is 1. The highest BCUT2D eigenvalue weighted by molar-refractivity contribution is 5.85. The minimum atomic E-state index is -0.0984. The van der Waals surface area contributed by atoms with Gasteiger partial charge in [0, 0.05) is 19.7 Å². The highest BCUT2D eigenvalue weighted by Gasteiger charge is 2.37. The summed E-state index contributed by atoms with van der Waals surface area (Å²) in [6, 6.07) is 8.38. The summed E-state index contributed by atoms with van der Waals surface area (Å²) < 4.78 is 5.98. The van der Waals surface area contributed by atoms with Crippen LogP contribution in [0, 0.1) is 18.8 Å². The zero-order valence-corrected chi connectivity index (χ0v) is 14.6. The Morgan fingerprint density at radius 3 is 2.70 bits per heavy atom. The summed E-state index contributed by atoms with van der Waals surface area (Å²) in [6.07, 6.45) is 2.82. The second-order valence-electron chi connectivity index (χ2n) is 6.63. The van der Waals surface area contributed by atoms with Crippen molar-refractivity contribution in [1.82, 2.24) is 4.90 Å². The van der Waals surface area contributed by atoms with E-state index >= 15 is 0 Å². The van der Waals surface area contributed by atoms with E-state index in [0.29, 0.717) is 12.5 Å². The van der Waals surface area contributed by atoms with Crippen molar-refractivity contribution in [3.8, 4) is 0 Å². The van der Waals surface area contributed by atoms with E-state index in [4.69, 9.17) is 10.5 Å². The lowest BCUT2D eigenvalue weighted by atomic mass is 9.88. The van der Waals surface area contributed by atoms with E-state index in [0.717, 1.165) is 44.5 Å². The Morgan fingerprint density at radius 2 is 2.04 bits per heavy atom. The Balaban J connectivity index is 0.00000192. The number of nitrogens with two attached hydrogens (primary N) is 1. The lowest BCUT2D eigenvalue weighted by Crippen LogP contribution is -2.40. The molecule has 4 nitrogen and oxygen atoms in total. The van der Waals surface area contributed by atoms with Gasteiger partial charge in [-0.25, -0.2) is 0 Å². The second-order valence-corrected chi connectivity index (χ2v) is 6.63. The van der Waals surface area contributed by atoms with Crippen molar-refractivity contribution >= 4 is 18.3 Å². The molecule has 23 heavy (non-hydrogen) atoms. The fourth-order valence-electron chi connectivity index (χ4n) is 3.58. The van der Waals surface area contributed by atoms with Crippen molar-refractivity contribution in [3.63, 3.8) is 0 Å². The van der Waals surface area contributed by atoms with Crippen LogP contribution in [0.15, 0.2) is 24.3 Å². The van der Waals surface area contributed by atoms with Crippen LogP contribution in [0.2, 0.25) is 0 Å². The van der Waals surface area contributed by atoms with Gasteiger partial charge in [-0.3, -0.25) is 4.79 Å². The van der Waals surface area contributed by atoms with Gasteiger partial charge in [-0.1, -0.05) is 29.8 Å². The number of hydrogen-bond donors (Lipinski definition) is 1. The number of benzene rings is 1. The van der Waals surface area contributed by atoms with E-state index in [1.165, 1.54) is 5.56 Å². The van der Waals surface area contributed by atoms with Crippen molar-refractivity contribution in [2.24, 2.45) is 17.6 Å². The number of rotatable bonds is 3. The molecule has 0 radical (unpaired) electrons. The molecule has 3 rings (SSSR count). The maximum Gasteiger partial charge on any atom is 0.228 e. The zero-order chi connectivity index (χ0) is 15.5. The van der Waals surface area contributed by atoms with Crippen molar-refractivity contribution in [2.75, 3.05) is 26.2 Å². The Bertz CT molecular complexity index is 520. The molecule has 0 spiro atoms. The van der Waals surface area contributed by atoms with Crippen LogP contribution in [0.4, 0.5) is 0 Å². The Labute approximate surface area is 144 Å². The summed E-state index contributed by atoms with van der Waals surface area (Å²) in [7, 11) is 0. The Hall–Kier alpha value is -1.10. The molecule has 1 amide bonds. The van der Waals surface area contributed by atoms with E-state index in [1.54, 1.807) is 0 Å². The maximum absolute atomic E-state index is 12.9. The molecule has 2 saturated heterocycles. The van der Waals surface area contributed by atoms with Gasteiger partial charge in [-0.2, -0.15) is 0 Å². The number of halogens is 1. The van der Waals surface area contributed by atoms with Crippen molar-refractivity contribution < 1.29 is 9.53 Å². The van der Waals surface area contributed by atoms with E-state index in [2.05, 4.69) is 31.2 Å². The number of hydrogen-bond acceptors (Lipinski definition) is 3. The first kappa shape index (κ1) is 18.2. The van der Waals surface area contributed by atoms with Crippen LogP contribution in [-0.4, -0.2) is 37.0 Å². The first-order valence-electron chi connectivity index (χ1n) is 8.36. The normalized spacial score (nSPS) is 27.6. The predicted octanol–water partition coefficient (Wildman–Crippen LogP) is 2.69. The standard InChI is InChI=1S/C18H26N2O2.ClH/c1-13-4-6-15(7-5-13)17-16(3-2-10-22-17)18(21)20-9-8-14(11-19)12-20;/h4-7,14,16-17H,2-3,8-12,19H2,1H3;1H. The molecular formula is C18H27ClN2O2. The fourth-order valence-corrected chi connectivity index (χ4v) is 3.58. The number of carbonyl (C=O) groups excluding carboxylic acids is 1. The average molecular weight is 339 g/mol. The third-order valence-electron chi connectivity index (χ3n) is 4.98. The third kappa shape index (κ3) is 4.06. The van der Waals surface area contributed by atoms with Crippen LogP contribution in [-0.2, 0) is 9.53 Å². The van der Waals surface area contributed by atoms with E-state index < -0.39 is 0 Å². The van der Waals surface area contributed by atoms with Crippen molar-refractivity contribution in [2.45, 2.75) is 32.3 Å². The largest absolute Gasteiger partial charge is 0.373 e. The molecule has 0 aromatic heterocycles. The molecule has 5 heteroatoms. The summed E-state index contributed by atoms with van der Waals surface area (Å²) in [5.74, 6) is 0.667. The minimum absolute atomic E-state index is 0. The van der Waals surface area contributed by atoms with Gasteiger partial charge in [-0.15, -0.1) is 12.4 Å². The maximum atomic E-state index is 12.9. The summed E-state index contributed by atoms with van der Waals surface area (Å²) in [6.45, 7) is 5.15. The van der Waals surface area contributed by atoms with Gasteiger partial charge < -0.3 is 15.4 Å². The molecule has 2 aliphatic heterocycles. The number of aryl methyl sites for hydroxylation is 1. The van der Waals surface area contributed by atoms with Crippen LogP contribution < -0.4 is 5.73 Å². The van der Waals surface area contributed by atoms with Gasteiger partial charge in [0.15, 0.2) is 0 Å². The molecule has 1 aromatic carbocycles. The summed E-state index contributed by atoms with van der Waals surface area (Å²) in [5, 5.41) is 0. The van der Waals surface area contributed by atoms with Gasteiger partial charge in [0.1, 0.15) is 0 Å². The molecule has 0 bridgehead atoms. The zero-order valence-electron chi connectivity index (χ0n) is 13.7. The highest BCUT2D eigenvalue weighted by Crippen LogP contribution is 2.36. The van der Waals surface area contributed by atoms with Crippen molar-refractivity contribution in [1.29, 1.82) is 0 Å². The smallest absolute Gasteiger partial charge is 0.228 e. The molecule has 0 saturated carbocycles. The van der Waals surface area contributed by atoms with Gasteiger partial charge in [0.2, 0.25) is 5.91 Å². The van der Waals surface area contributed by atoms with E-state index in [9.17, 15) is 4.79 Å².